The molecule has 0 heterocycles. The van der Waals surface area contributed by atoms with Gasteiger partial charge in [0.05, 0.1) is 12.7 Å². The predicted molar refractivity (Wildman–Crippen MR) is 57.4 cm³/mol. The van der Waals surface area contributed by atoms with Crippen LogP contribution in [-0.2, 0) is 4.74 Å². The number of aliphatic hydroxyl groups excluding tert-OH is 1. The van der Waals surface area contributed by atoms with E-state index < -0.39 is 0 Å². The largest absolute Gasteiger partial charge is 0.394 e. The maximum absolute atomic E-state index is 9.37. The standard InChI is InChI=1S/C11H23NO2/c1-3-7-14-10-5-6-11(8-10,9-13)12-4-2/h10,12-13H,3-9H2,1-2H3. The predicted octanol–water partition coefficient (Wildman–Crippen LogP) is 1.31. The van der Waals surface area contributed by atoms with Gasteiger partial charge in [0.1, 0.15) is 0 Å². The molecule has 2 atom stereocenters. The summed E-state index contributed by atoms with van der Waals surface area (Å²) in [6.07, 6.45) is 4.49. The summed E-state index contributed by atoms with van der Waals surface area (Å²) in [5.41, 5.74) is -0.0623. The zero-order valence-corrected chi connectivity index (χ0v) is 9.38. The van der Waals surface area contributed by atoms with Gasteiger partial charge in [0, 0.05) is 12.1 Å². The van der Waals surface area contributed by atoms with Crippen molar-refractivity contribution < 1.29 is 9.84 Å². The quantitative estimate of drug-likeness (QED) is 0.681. The highest BCUT2D eigenvalue weighted by Gasteiger charge is 2.38. The van der Waals surface area contributed by atoms with Crippen LogP contribution in [0.2, 0.25) is 0 Å². The third kappa shape index (κ3) is 2.94. The molecule has 2 N–H and O–H groups in total. The van der Waals surface area contributed by atoms with Crippen LogP contribution in [0.3, 0.4) is 0 Å². The summed E-state index contributed by atoms with van der Waals surface area (Å²) < 4.78 is 5.70. The Bertz CT molecular complexity index is 163. The van der Waals surface area contributed by atoms with Crippen LogP contribution in [-0.4, -0.2) is 36.5 Å². The average Bonchev–Trinajstić information content (AvgIpc) is 2.60. The molecule has 3 nitrogen and oxygen atoms in total. The van der Waals surface area contributed by atoms with Crippen molar-refractivity contribution in [2.24, 2.45) is 0 Å². The highest BCUT2D eigenvalue weighted by molar-refractivity contribution is 4.96. The molecule has 0 aromatic heterocycles. The average molecular weight is 201 g/mol. The molecule has 3 heteroatoms. The summed E-state index contributed by atoms with van der Waals surface area (Å²) in [5, 5.41) is 12.8. The summed E-state index contributed by atoms with van der Waals surface area (Å²) in [4.78, 5) is 0. The van der Waals surface area contributed by atoms with E-state index in [4.69, 9.17) is 4.74 Å². The van der Waals surface area contributed by atoms with Crippen molar-refractivity contribution in [1.29, 1.82) is 0 Å². The van der Waals surface area contributed by atoms with Crippen LogP contribution in [0.5, 0.6) is 0 Å². The minimum Gasteiger partial charge on any atom is -0.394 e. The number of hydrogen-bond acceptors (Lipinski definition) is 3. The molecule has 1 aliphatic carbocycles. The van der Waals surface area contributed by atoms with E-state index in [0.29, 0.717) is 6.10 Å². The van der Waals surface area contributed by atoms with Crippen molar-refractivity contribution in [2.45, 2.75) is 51.2 Å². The molecule has 0 aromatic carbocycles. The lowest BCUT2D eigenvalue weighted by molar-refractivity contribution is 0.0474. The van der Waals surface area contributed by atoms with Gasteiger partial charge in [-0.3, -0.25) is 0 Å². The van der Waals surface area contributed by atoms with Gasteiger partial charge in [-0.05, 0) is 32.2 Å². The van der Waals surface area contributed by atoms with E-state index in [1.165, 1.54) is 0 Å². The van der Waals surface area contributed by atoms with Gasteiger partial charge in [0.15, 0.2) is 0 Å². The third-order valence-electron chi connectivity index (χ3n) is 2.98. The number of likely N-dealkylation sites (N-methyl/N-ethyl adjacent to an activating group) is 1. The van der Waals surface area contributed by atoms with Gasteiger partial charge >= 0.3 is 0 Å². The van der Waals surface area contributed by atoms with Crippen molar-refractivity contribution in [3.05, 3.63) is 0 Å². The Morgan fingerprint density at radius 3 is 2.86 bits per heavy atom. The van der Waals surface area contributed by atoms with Gasteiger partial charge in [-0.2, -0.15) is 0 Å². The fourth-order valence-electron chi connectivity index (χ4n) is 2.24. The Kier molecular flexibility index (Phi) is 4.85. The van der Waals surface area contributed by atoms with E-state index in [1.54, 1.807) is 0 Å². The lowest BCUT2D eigenvalue weighted by atomic mass is 9.99. The van der Waals surface area contributed by atoms with Crippen LogP contribution < -0.4 is 5.32 Å². The Balaban J connectivity index is 2.36. The van der Waals surface area contributed by atoms with Gasteiger partial charge in [-0.1, -0.05) is 13.8 Å². The molecular weight excluding hydrogens is 178 g/mol. The Morgan fingerprint density at radius 2 is 2.29 bits per heavy atom. The van der Waals surface area contributed by atoms with Crippen LogP contribution in [0.4, 0.5) is 0 Å². The number of ether oxygens (including phenoxy) is 1. The summed E-state index contributed by atoms with van der Waals surface area (Å²) >= 11 is 0. The first-order chi connectivity index (χ1) is 6.76. The fourth-order valence-corrected chi connectivity index (χ4v) is 2.24. The molecule has 0 aliphatic heterocycles. The molecule has 0 bridgehead atoms. The highest BCUT2D eigenvalue weighted by Crippen LogP contribution is 2.31. The molecule has 14 heavy (non-hydrogen) atoms. The normalized spacial score (nSPS) is 32.4. The van der Waals surface area contributed by atoms with E-state index in [-0.39, 0.29) is 12.1 Å². The molecule has 0 saturated heterocycles. The molecule has 2 unspecified atom stereocenters. The van der Waals surface area contributed by atoms with Gasteiger partial charge in [0.2, 0.25) is 0 Å². The number of rotatable bonds is 6. The van der Waals surface area contributed by atoms with Crippen molar-refractivity contribution >= 4 is 0 Å². The molecule has 1 saturated carbocycles. The van der Waals surface area contributed by atoms with Crippen molar-refractivity contribution in [1.82, 2.24) is 5.32 Å². The SMILES string of the molecule is CCCOC1CCC(CO)(NCC)C1. The Labute approximate surface area is 86.8 Å². The van der Waals surface area contributed by atoms with E-state index in [2.05, 4.69) is 19.2 Å². The first kappa shape index (κ1) is 12.0. The third-order valence-corrected chi connectivity index (χ3v) is 2.98. The van der Waals surface area contributed by atoms with E-state index in [9.17, 15) is 5.11 Å². The van der Waals surface area contributed by atoms with Crippen LogP contribution in [0.25, 0.3) is 0 Å². The smallest absolute Gasteiger partial charge is 0.0614 e. The van der Waals surface area contributed by atoms with Gasteiger partial charge in [-0.25, -0.2) is 0 Å². The summed E-state index contributed by atoms with van der Waals surface area (Å²) in [6.45, 7) is 6.20. The maximum Gasteiger partial charge on any atom is 0.0614 e. The second kappa shape index (κ2) is 5.69. The maximum atomic E-state index is 9.37. The lowest BCUT2D eigenvalue weighted by Gasteiger charge is -2.27. The summed E-state index contributed by atoms with van der Waals surface area (Å²) in [6, 6.07) is 0. The van der Waals surface area contributed by atoms with E-state index in [0.717, 1.165) is 38.8 Å². The molecular formula is C11H23NO2. The number of hydrogen-bond donors (Lipinski definition) is 2. The molecule has 1 aliphatic rings. The molecule has 0 spiro atoms. The summed E-state index contributed by atoms with van der Waals surface area (Å²) in [7, 11) is 0. The second-order valence-corrected chi connectivity index (χ2v) is 4.20. The molecule has 0 aromatic rings. The summed E-state index contributed by atoms with van der Waals surface area (Å²) in [5.74, 6) is 0. The zero-order chi connectivity index (χ0) is 10.4. The van der Waals surface area contributed by atoms with Crippen LogP contribution in [0.1, 0.15) is 39.5 Å². The second-order valence-electron chi connectivity index (χ2n) is 4.20. The first-order valence-corrected chi connectivity index (χ1v) is 5.74. The molecule has 1 fully saturated rings. The minimum absolute atomic E-state index is 0.0623. The Hall–Kier alpha value is -0.120. The van der Waals surface area contributed by atoms with Crippen LogP contribution in [0.15, 0.2) is 0 Å². The topological polar surface area (TPSA) is 41.5 Å². The van der Waals surface area contributed by atoms with E-state index in [1.807, 2.05) is 0 Å². The van der Waals surface area contributed by atoms with Gasteiger partial charge in [0.25, 0.3) is 0 Å². The minimum atomic E-state index is -0.0623. The molecule has 0 radical (unpaired) electrons. The monoisotopic (exact) mass is 201 g/mol. The van der Waals surface area contributed by atoms with Crippen molar-refractivity contribution in [3.8, 4) is 0 Å². The van der Waals surface area contributed by atoms with Crippen LogP contribution >= 0.6 is 0 Å². The van der Waals surface area contributed by atoms with Crippen molar-refractivity contribution in [3.63, 3.8) is 0 Å². The fraction of sp³-hybridized carbons (Fsp3) is 1.00. The lowest BCUT2D eigenvalue weighted by Crippen LogP contribution is -2.46. The van der Waals surface area contributed by atoms with Gasteiger partial charge < -0.3 is 15.2 Å². The van der Waals surface area contributed by atoms with Crippen molar-refractivity contribution in [2.75, 3.05) is 19.8 Å². The molecule has 1 rings (SSSR count). The zero-order valence-electron chi connectivity index (χ0n) is 9.38. The van der Waals surface area contributed by atoms with Crippen LogP contribution in [0, 0.1) is 0 Å². The van der Waals surface area contributed by atoms with E-state index >= 15 is 0 Å². The molecule has 84 valence electrons. The molecule has 0 amide bonds. The highest BCUT2D eigenvalue weighted by atomic mass is 16.5. The first-order valence-electron chi connectivity index (χ1n) is 5.74. The van der Waals surface area contributed by atoms with Gasteiger partial charge in [-0.15, -0.1) is 0 Å². The Morgan fingerprint density at radius 1 is 1.50 bits per heavy atom. The number of aliphatic hydroxyl groups is 1. The number of nitrogens with one attached hydrogen (secondary N) is 1.